The number of aryl methyl sites for hydroxylation is 1. The van der Waals surface area contributed by atoms with Crippen LogP contribution in [0.15, 0.2) is 33.9 Å². The summed E-state index contributed by atoms with van der Waals surface area (Å²) < 4.78 is 5.59. The molecular weight excluding hydrogens is 294 g/mol. The summed E-state index contributed by atoms with van der Waals surface area (Å²) in [5.74, 6) is 1.51. The van der Waals surface area contributed by atoms with Crippen LogP contribution in [0.3, 0.4) is 0 Å². The lowest BCUT2D eigenvalue weighted by Gasteiger charge is -1.98. The normalized spacial score (nSPS) is 10.9. The molecule has 0 bridgehead atoms. The van der Waals surface area contributed by atoms with Crippen LogP contribution in [0, 0.1) is 0 Å². The van der Waals surface area contributed by atoms with Gasteiger partial charge < -0.3 is 10.2 Å². The average Bonchev–Trinajstić information content (AvgIpc) is 2.91. The Labute approximate surface area is 128 Å². The molecule has 0 fully saturated rings. The number of rotatable bonds is 8. The Morgan fingerprint density at radius 2 is 1.90 bits per heavy atom. The van der Waals surface area contributed by atoms with Crippen molar-refractivity contribution >= 4 is 23.4 Å². The van der Waals surface area contributed by atoms with E-state index in [1.807, 2.05) is 24.3 Å². The summed E-state index contributed by atoms with van der Waals surface area (Å²) >= 11 is 7.39. The quantitative estimate of drug-likeness (QED) is 0.595. The smallest absolute Gasteiger partial charge is 0.276 e. The second-order valence-electron chi connectivity index (χ2n) is 4.48. The van der Waals surface area contributed by atoms with Gasteiger partial charge in [-0.1, -0.05) is 41.9 Å². The van der Waals surface area contributed by atoms with E-state index in [4.69, 9.17) is 21.8 Å². The maximum atomic E-state index is 5.85. The Balaban J connectivity index is 1.76. The topological polar surface area (TPSA) is 64.9 Å². The zero-order valence-electron chi connectivity index (χ0n) is 11.2. The number of thioether (sulfide) groups is 1. The lowest BCUT2D eigenvalue weighted by Crippen LogP contribution is -1.98. The number of hydrogen-bond acceptors (Lipinski definition) is 5. The number of unbranched alkanes of at least 4 members (excludes halogenated alkanes) is 2. The van der Waals surface area contributed by atoms with Crippen LogP contribution in [0.1, 0.15) is 30.7 Å². The number of halogens is 1. The van der Waals surface area contributed by atoms with E-state index in [0.717, 1.165) is 43.0 Å². The first kappa shape index (κ1) is 15.4. The van der Waals surface area contributed by atoms with Gasteiger partial charge in [-0.3, -0.25) is 0 Å². The van der Waals surface area contributed by atoms with Gasteiger partial charge in [-0.05, 0) is 37.1 Å². The minimum Gasteiger partial charge on any atom is -0.416 e. The molecule has 0 aliphatic rings. The minimum atomic E-state index is 0.619. The van der Waals surface area contributed by atoms with Crippen molar-refractivity contribution in [3.05, 3.63) is 40.7 Å². The van der Waals surface area contributed by atoms with Gasteiger partial charge >= 0.3 is 0 Å². The van der Waals surface area contributed by atoms with E-state index in [0.29, 0.717) is 11.1 Å². The molecule has 0 unspecified atom stereocenters. The van der Waals surface area contributed by atoms with E-state index >= 15 is 0 Å². The molecule has 20 heavy (non-hydrogen) atoms. The summed E-state index contributed by atoms with van der Waals surface area (Å²) in [5.41, 5.74) is 6.64. The SMILES string of the molecule is NCCCCCc1nnc(SCc2ccc(Cl)cc2)o1. The highest BCUT2D eigenvalue weighted by atomic mass is 35.5. The van der Waals surface area contributed by atoms with Crippen LogP contribution in [0.4, 0.5) is 0 Å². The van der Waals surface area contributed by atoms with Crippen LogP contribution in [0.2, 0.25) is 5.02 Å². The largest absolute Gasteiger partial charge is 0.416 e. The molecule has 4 nitrogen and oxygen atoms in total. The standard InChI is InChI=1S/C14H18ClN3OS/c15-12-7-5-11(6-8-12)10-20-14-18-17-13(19-14)4-2-1-3-9-16/h5-8H,1-4,9-10,16H2. The molecule has 2 N–H and O–H groups in total. The fourth-order valence-electron chi connectivity index (χ4n) is 1.72. The number of nitrogens with zero attached hydrogens (tertiary/aromatic N) is 2. The Morgan fingerprint density at radius 3 is 2.65 bits per heavy atom. The van der Waals surface area contributed by atoms with Crippen LogP contribution in [-0.4, -0.2) is 16.7 Å². The zero-order chi connectivity index (χ0) is 14.2. The number of aromatic nitrogens is 2. The third-order valence-electron chi connectivity index (χ3n) is 2.82. The summed E-state index contributed by atoms with van der Waals surface area (Å²) in [7, 11) is 0. The van der Waals surface area contributed by atoms with Gasteiger partial charge in [0.05, 0.1) is 0 Å². The maximum absolute atomic E-state index is 5.85. The van der Waals surface area contributed by atoms with Gasteiger partial charge in [0.1, 0.15) is 0 Å². The molecule has 0 aliphatic heterocycles. The van der Waals surface area contributed by atoms with Gasteiger partial charge in [0, 0.05) is 17.2 Å². The van der Waals surface area contributed by atoms with E-state index in [1.165, 1.54) is 5.56 Å². The Hall–Kier alpha value is -1.04. The maximum Gasteiger partial charge on any atom is 0.276 e. The fraction of sp³-hybridized carbons (Fsp3) is 0.429. The van der Waals surface area contributed by atoms with Gasteiger partial charge in [-0.25, -0.2) is 0 Å². The minimum absolute atomic E-state index is 0.619. The molecule has 1 aromatic heterocycles. The number of hydrogen-bond donors (Lipinski definition) is 1. The van der Waals surface area contributed by atoms with E-state index in [-0.39, 0.29) is 0 Å². The van der Waals surface area contributed by atoms with Crippen molar-refractivity contribution in [1.29, 1.82) is 0 Å². The monoisotopic (exact) mass is 311 g/mol. The Kier molecular flexibility index (Phi) is 6.36. The highest BCUT2D eigenvalue weighted by Gasteiger charge is 2.06. The van der Waals surface area contributed by atoms with E-state index in [1.54, 1.807) is 11.8 Å². The molecule has 6 heteroatoms. The summed E-state index contributed by atoms with van der Waals surface area (Å²) in [6.45, 7) is 0.742. The Morgan fingerprint density at radius 1 is 1.10 bits per heavy atom. The second kappa shape index (κ2) is 8.29. The molecule has 108 valence electrons. The van der Waals surface area contributed by atoms with Crippen molar-refractivity contribution in [2.24, 2.45) is 5.73 Å². The molecule has 2 aromatic rings. The molecule has 0 amide bonds. The van der Waals surface area contributed by atoms with E-state index in [2.05, 4.69) is 10.2 Å². The Bertz CT molecular complexity index is 515. The first-order chi connectivity index (χ1) is 9.78. The first-order valence-corrected chi connectivity index (χ1v) is 8.04. The van der Waals surface area contributed by atoms with Crippen molar-refractivity contribution < 1.29 is 4.42 Å². The number of nitrogens with two attached hydrogens (primary N) is 1. The highest BCUT2D eigenvalue weighted by molar-refractivity contribution is 7.98. The van der Waals surface area contributed by atoms with Gasteiger partial charge in [0.25, 0.3) is 5.22 Å². The molecule has 2 rings (SSSR count). The zero-order valence-corrected chi connectivity index (χ0v) is 12.8. The van der Waals surface area contributed by atoms with Crippen molar-refractivity contribution in [2.75, 3.05) is 6.54 Å². The van der Waals surface area contributed by atoms with E-state index < -0.39 is 0 Å². The summed E-state index contributed by atoms with van der Waals surface area (Å²) in [4.78, 5) is 0. The van der Waals surface area contributed by atoms with Crippen LogP contribution in [0.25, 0.3) is 0 Å². The molecule has 0 radical (unpaired) electrons. The molecule has 0 aliphatic carbocycles. The average molecular weight is 312 g/mol. The van der Waals surface area contributed by atoms with Crippen LogP contribution < -0.4 is 5.73 Å². The van der Waals surface area contributed by atoms with Crippen molar-refractivity contribution in [3.8, 4) is 0 Å². The van der Waals surface area contributed by atoms with Gasteiger partial charge in [-0.2, -0.15) is 0 Å². The first-order valence-electron chi connectivity index (χ1n) is 6.67. The lowest BCUT2D eigenvalue weighted by atomic mass is 10.2. The molecular formula is C14H18ClN3OS. The molecule has 1 heterocycles. The van der Waals surface area contributed by atoms with Crippen molar-refractivity contribution in [1.82, 2.24) is 10.2 Å². The summed E-state index contributed by atoms with van der Waals surface area (Å²) in [5, 5.41) is 9.46. The van der Waals surface area contributed by atoms with Crippen LogP contribution in [0.5, 0.6) is 0 Å². The van der Waals surface area contributed by atoms with Crippen LogP contribution >= 0.6 is 23.4 Å². The van der Waals surface area contributed by atoms with E-state index in [9.17, 15) is 0 Å². The molecule has 0 saturated carbocycles. The third-order valence-corrected chi connectivity index (χ3v) is 3.96. The van der Waals surface area contributed by atoms with Crippen LogP contribution in [-0.2, 0) is 12.2 Å². The van der Waals surface area contributed by atoms with Gasteiger partial charge in [0.15, 0.2) is 0 Å². The lowest BCUT2D eigenvalue weighted by molar-refractivity contribution is 0.407. The third kappa shape index (κ3) is 5.15. The van der Waals surface area contributed by atoms with Gasteiger partial charge in [0.2, 0.25) is 5.89 Å². The predicted molar refractivity (Wildman–Crippen MR) is 81.9 cm³/mol. The fourth-order valence-corrected chi connectivity index (χ4v) is 2.58. The number of benzene rings is 1. The second-order valence-corrected chi connectivity index (χ2v) is 5.84. The molecule has 0 saturated heterocycles. The summed E-state index contributed by atoms with van der Waals surface area (Å²) in [6, 6.07) is 7.77. The van der Waals surface area contributed by atoms with Crippen molar-refractivity contribution in [2.45, 2.75) is 36.7 Å². The molecule has 1 aromatic carbocycles. The van der Waals surface area contributed by atoms with Gasteiger partial charge in [-0.15, -0.1) is 10.2 Å². The molecule has 0 spiro atoms. The highest BCUT2D eigenvalue weighted by Crippen LogP contribution is 2.22. The summed E-state index contributed by atoms with van der Waals surface area (Å²) in [6.07, 6.45) is 4.02. The molecule has 0 atom stereocenters. The predicted octanol–water partition coefficient (Wildman–Crippen LogP) is 3.69. The van der Waals surface area contributed by atoms with Crippen molar-refractivity contribution in [3.63, 3.8) is 0 Å².